The highest BCUT2D eigenvalue weighted by Gasteiger charge is 2.10. The SMILES string of the molecule is COC(=O)c1ccc(N)c(Oc2cccc(C)c2)c1. The van der Waals surface area contributed by atoms with Crippen LogP contribution in [0.4, 0.5) is 5.69 Å². The van der Waals surface area contributed by atoms with Crippen molar-refractivity contribution < 1.29 is 14.3 Å². The number of ether oxygens (including phenoxy) is 2. The van der Waals surface area contributed by atoms with E-state index in [4.69, 9.17) is 10.5 Å². The van der Waals surface area contributed by atoms with Gasteiger partial charge in [0.25, 0.3) is 0 Å². The van der Waals surface area contributed by atoms with E-state index in [-0.39, 0.29) is 0 Å². The first-order chi connectivity index (χ1) is 9.10. The molecule has 0 saturated heterocycles. The third kappa shape index (κ3) is 3.04. The Hall–Kier alpha value is -2.49. The molecule has 2 rings (SSSR count). The van der Waals surface area contributed by atoms with E-state index in [1.54, 1.807) is 18.2 Å². The summed E-state index contributed by atoms with van der Waals surface area (Å²) in [6, 6.07) is 12.4. The molecule has 4 heteroatoms. The van der Waals surface area contributed by atoms with E-state index in [0.717, 1.165) is 5.56 Å². The summed E-state index contributed by atoms with van der Waals surface area (Å²) in [7, 11) is 1.33. The molecule has 0 atom stereocenters. The standard InChI is InChI=1S/C15H15NO3/c1-10-4-3-5-12(8-10)19-14-9-11(15(17)18-2)6-7-13(14)16/h3-9H,16H2,1-2H3. The summed E-state index contributed by atoms with van der Waals surface area (Å²) in [5.74, 6) is 0.691. The lowest BCUT2D eigenvalue weighted by Gasteiger charge is -2.10. The Bertz CT molecular complexity index is 608. The molecule has 0 amide bonds. The fourth-order valence-electron chi connectivity index (χ4n) is 1.67. The van der Waals surface area contributed by atoms with Gasteiger partial charge in [-0.15, -0.1) is 0 Å². The fourth-order valence-corrected chi connectivity index (χ4v) is 1.67. The predicted molar refractivity (Wildman–Crippen MR) is 73.4 cm³/mol. The lowest BCUT2D eigenvalue weighted by Crippen LogP contribution is -2.02. The van der Waals surface area contributed by atoms with Gasteiger partial charge in [-0.3, -0.25) is 0 Å². The third-order valence-electron chi connectivity index (χ3n) is 2.65. The number of nitrogens with two attached hydrogens (primary N) is 1. The first-order valence-electron chi connectivity index (χ1n) is 5.82. The maximum Gasteiger partial charge on any atom is 0.337 e. The van der Waals surface area contributed by atoms with Crippen molar-refractivity contribution in [3.63, 3.8) is 0 Å². The van der Waals surface area contributed by atoms with E-state index in [1.807, 2.05) is 31.2 Å². The number of nitrogen functional groups attached to an aromatic ring is 1. The summed E-state index contributed by atoms with van der Waals surface area (Å²) in [4.78, 5) is 11.5. The molecule has 2 aromatic rings. The summed E-state index contributed by atoms with van der Waals surface area (Å²) in [5.41, 5.74) is 7.79. The average Bonchev–Trinajstić information content (AvgIpc) is 2.40. The highest BCUT2D eigenvalue weighted by Crippen LogP contribution is 2.29. The van der Waals surface area contributed by atoms with Crippen molar-refractivity contribution in [1.82, 2.24) is 0 Å². The van der Waals surface area contributed by atoms with Crippen LogP contribution in [0.2, 0.25) is 0 Å². The number of carbonyl (C=O) groups excluding carboxylic acids is 1. The van der Waals surface area contributed by atoms with Gasteiger partial charge in [-0.25, -0.2) is 4.79 Å². The Labute approximate surface area is 111 Å². The van der Waals surface area contributed by atoms with Crippen molar-refractivity contribution in [1.29, 1.82) is 0 Å². The highest BCUT2D eigenvalue weighted by molar-refractivity contribution is 5.90. The molecule has 2 N–H and O–H groups in total. The highest BCUT2D eigenvalue weighted by atomic mass is 16.5. The zero-order chi connectivity index (χ0) is 13.8. The van der Waals surface area contributed by atoms with Crippen molar-refractivity contribution in [3.05, 3.63) is 53.6 Å². The van der Waals surface area contributed by atoms with Gasteiger partial charge in [-0.1, -0.05) is 12.1 Å². The molecular formula is C15H15NO3. The molecule has 0 radical (unpaired) electrons. The Morgan fingerprint density at radius 2 is 1.95 bits per heavy atom. The van der Waals surface area contributed by atoms with Gasteiger partial charge in [0, 0.05) is 0 Å². The third-order valence-corrected chi connectivity index (χ3v) is 2.65. The summed E-state index contributed by atoms with van der Waals surface area (Å²) >= 11 is 0. The molecule has 0 fully saturated rings. The summed E-state index contributed by atoms with van der Waals surface area (Å²) in [6.45, 7) is 1.97. The maximum atomic E-state index is 11.5. The molecule has 2 aromatic carbocycles. The molecule has 98 valence electrons. The van der Waals surface area contributed by atoms with Crippen LogP contribution < -0.4 is 10.5 Å². The zero-order valence-corrected chi connectivity index (χ0v) is 10.8. The van der Waals surface area contributed by atoms with Crippen LogP contribution in [0.5, 0.6) is 11.5 Å². The topological polar surface area (TPSA) is 61.5 Å². The summed E-state index contributed by atoms with van der Waals surface area (Å²) < 4.78 is 10.4. The molecule has 4 nitrogen and oxygen atoms in total. The van der Waals surface area contributed by atoms with E-state index in [2.05, 4.69) is 4.74 Å². The molecular weight excluding hydrogens is 242 g/mol. The minimum atomic E-state index is -0.422. The lowest BCUT2D eigenvalue weighted by atomic mass is 10.2. The number of hydrogen-bond donors (Lipinski definition) is 1. The Morgan fingerprint density at radius 3 is 2.63 bits per heavy atom. The maximum absolute atomic E-state index is 11.5. The van der Waals surface area contributed by atoms with Crippen molar-refractivity contribution in [2.75, 3.05) is 12.8 Å². The number of rotatable bonds is 3. The van der Waals surface area contributed by atoms with Gasteiger partial charge >= 0.3 is 5.97 Å². The quantitative estimate of drug-likeness (QED) is 0.677. The van der Waals surface area contributed by atoms with Gasteiger partial charge < -0.3 is 15.2 Å². The van der Waals surface area contributed by atoms with Gasteiger partial charge in [-0.05, 0) is 42.8 Å². The number of aryl methyl sites for hydroxylation is 1. The average molecular weight is 257 g/mol. The van der Waals surface area contributed by atoms with E-state index in [0.29, 0.717) is 22.7 Å². The van der Waals surface area contributed by atoms with E-state index >= 15 is 0 Å². The van der Waals surface area contributed by atoms with Crippen molar-refractivity contribution >= 4 is 11.7 Å². The van der Waals surface area contributed by atoms with Gasteiger partial charge in [0.2, 0.25) is 0 Å². The second-order valence-electron chi connectivity index (χ2n) is 4.16. The molecule has 0 unspecified atom stereocenters. The molecule has 0 heterocycles. The Morgan fingerprint density at radius 1 is 1.16 bits per heavy atom. The monoisotopic (exact) mass is 257 g/mol. The van der Waals surface area contributed by atoms with E-state index < -0.39 is 5.97 Å². The first-order valence-corrected chi connectivity index (χ1v) is 5.82. The molecule has 0 aliphatic heterocycles. The van der Waals surface area contributed by atoms with Crippen LogP contribution in [0.15, 0.2) is 42.5 Å². The number of anilines is 1. The van der Waals surface area contributed by atoms with E-state index in [9.17, 15) is 4.79 Å². The molecule has 0 aliphatic carbocycles. The van der Waals surface area contributed by atoms with E-state index in [1.165, 1.54) is 7.11 Å². The normalized spacial score (nSPS) is 10.0. The number of carbonyl (C=O) groups is 1. The molecule has 0 bridgehead atoms. The van der Waals surface area contributed by atoms with Crippen LogP contribution in [-0.4, -0.2) is 13.1 Å². The Balaban J connectivity index is 2.31. The van der Waals surface area contributed by atoms with Gasteiger partial charge in [0.1, 0.15) is 5.75 Å². The number of hydrogen-bond acceptors (Lipinski definition) is 4. The van der Waals surface area contributed by atoms with Crippen LogP contribution in [0, 0.1) is 6.92 Å². The lowest BCUT2D eigenvalue weighted by molar-refractivity contribution is 0.0600. The van der Waals surface area contributed by atoms with Crippen LogP contribution >= 0.6 is 0 Å². The second kappa shape index (κ2) is 5.44. The zero-order valence-electron chi connectivity index (χ0n) is 10.8. The smallest absolute Gasteiger partial charge is 0.337 e. The number of esters is 1. The van der Waals surface area contributed by atoms with Gasteiger partial charge in [-0.2, -0.15) is 0 Å². The van der Waals surface area contributed by atoms with Crippen LogP contribution in [-0.2, 0) is 4.74 Å². The molecule has 0 spiro atoms. The van der Waals surface area contributed by atoms with Crippen LogP contribution in [0.25, 0.3) is 0 Å². The van der Waals surface area contributed by atoms with Crippen LogP contribution in [0.1, 0.15) is 15.9 Å². The number of methoxy groups -OCH3 is 1. The van der Waals surface area contributed by atoms with Crippen molar-refractivity contribution in [3.8, 4) is 11.5 Å². The minimum Gasteiger partial charge on any atom is -0.465 e. The van der Waals surface area contributed by atoms with Gasteiger partial charge in [0.05, 0.1) is 18.4 Å². The molecule has 0 saturated carbocycles. The minimum absolute atomic E-state index is 0.402. The summed E-state index contributed by atoms with van der Waals surface area (Å²) in [5, 5.41) is 0. The summed E-state index contributed by atoms with van der Waals surface area (Å²) in [6.07, 6.45) is 0. The fraction of sp³-hybridized carbons (Fsp3) is 0.133. The first kappa shape index (κ1) is 13.0. The largest absolute Gasteiger partial charge is 0.465 e. The van der Waals surface area contributed by atoms with Gasteiger partial charge in [0.15, 0.2) is 5.75 Å². The van der Waals surface area contributed by atoms with Crippen molar-refractivity contribution in [2.24, 2.45) is 0 Å². The molecule has 0 aliphatic rings. The Kier molecular flexibility index (Phi) is 3.71. The molecule has 19 heavy (non-hydrogen) atoms. The second-order valence-corrected chi connectivity index (χ2v) is 4.16. The number of benzene rings is 2. The van der Waals surface area contributed by atoms with Crippen molar-refractivity contribution in [2.45, 2.75) is 6.92 Å². The predicted octanol–water partition coefficient (Wildman–Crippen LogP) is 3.16. The van der Waals surface area contributed by atoms with Crippen LogP contribution in [0.3, 0.4) is 0 Å². The molecule has 0 aromatic heterocycles.